The summed E-state index contributed by atoms with van der Waals surface area (Å²) >= 11 is 0. The van der Waals surface area contributed by atoms with E-state index in [4.69, 9.17) is 0 Å². The van der Waals surface area contributed by atoms with Crippen molar-refractivity contribution < 1.29 is 17.6 Å². The van der Waals surface area contributed by atoms with Gasteiger partial charge < -0.3 is 0 Å². The first-order valence-corrected chi connectivity index (χ1v) is 10.9. The van der Waals surface area contributed by atoms with Gasteiger partial charge in [0.2, 0.25) is 0 Å². The second-order valence-corrected chi connectivity index (χ2v) is 9.12. The number of hydrogen-bond acceptors (Lipinski definition) is 0. The van der Waals surface area contributed by atoms with E-state index in [2.05, 4.69) is 6.92 Å². The highest BCUT2D eigenvalue weighted by Crippen LogP contribution is 2.44. The summed E-state index contributed by atoms with van der Waals surface area (Å²) in [4.78, 5) is 0. The molecule has 0 spiro atoms. The Morgan fingerprint density at radius 1 is 0.655 bits per heavy atom. The van der Waals surface area contributed by atoms with Gasteiger partial charge >= 0.3 is 0 Å². The molecular weight excluding hydrogens is 376 g/mol. The molecule has 4 heteroatoms. The van der Waals surface area contributed by atoms with Crippen molar-refractivity contribution in [3.05, 3.63) is 59.2 Å². The predicted octanol–water partition coefficient (Wildman–Crippen LogP) is 8.01. The lowest BCUT2D eigenvalue weighted by molar-refractivity contribution is 0.165. The van der Waals surface area contributed by atoms with Crippen molar-refractivity contribution in [1.82, 2.24) is 0 Å². The molecule has 29 heavy (non-hydrogen) atoms. The molecule has 2 aliphatic carbocycles. The fourth-order valence-electron chi connectivity index (χ4n) is 5.41. The Labute approximate surface area is 170 Å². The topological polar surface area (TPSA) is 0 Å². The summed E-state index contributed by atoms with van der Waals surface area (Å²) in [5.74, 6) is -1.81. The smallest absolute Gasteiger partial charge is 0.194 e. The third-order valence-corrected chi connectivity index (χ3v) is 7.26. The van der Waals surface area contributed by atoms with Gasteiger partial charge in [-0.25, -0.2) is 17.6 Å². The molecule has 0 nitrogen and oxygen atoms in total. The molecule has 0 unspecified atom stereocenters. The third kappa shape index (κ3) is 4.36. The van der Waals surface area contributed by atoms with Crippen molar-refractivity contribution >= 4 is 0 Å². The van der Waals surface area contributed by atoms with Crippen LogP contribution >= 0.6 is 0 Å². The summed E-state index contributed by atoms with van der Waals surface area (Å²) in [5, 5.41) is 0. The van der Waals surface area contributed by atoms with Crippen molar-refractivity contribution in [2.75, 3.05) is 0 Å². The minimum Gasteiger partial charge on any atom is -0.206 e. The van der Waals surface area contributed by atoms with Crippen LogP contribution in [0.15, 0.2) is 30.3 Å². The van der Waals surface area contributed by atoms with E-state index < -0.39 is 23.3 Å². The first-order chi connectivity index (χ1) is 13.9. The molecule has 0 aromatic heterocycles. The highest BCUT2D eigenvalue weighted by molar-refractivity contribution is 5.65. The largest absolute Gasteiger partial charge is 0.206 e. The van der Waals surface area contributed by atoms with Gasteiger partial charge in [0.15, 0.2) is 17.5 Å². The summed E-state index contributed by atoms with van der Waals surface area (Å²) < 4.78 is 54.9. The fourth-order valence-corrected chi connectivity index (χ4v) is 5.41. The van der Waals surface area contributed by atoms with Gasteiger partial charge in [0, 0.05) is 5.56 Å². The normalized spacial score (nSPS) is 27.8. The van der Waals surface area contributed by atoms with E-state index in [9.17, 15) is 17.6 Å². The molecule has 2 fully saturated rings. The second kappa shape index (κ2) is 8.49. The Balaban J connectivity index is 1.44. The fraction of sp³-hybridized carbons (Fsp3) is 0.520. The maximum Gasteiger partial charge on any atom is 0.194 e. The number of rotatable bonds is 3. The van der Waals surface area contributed by atoms with Gasteiger partial charge in [0.1, 0.15) is 5.82 Å². The van der Waals surface area contributed by atoms with Crippen molar-refractivity contribution in [3.8, 4) is 11.1 Å². The molecule has 0 bridgehead atoms. The first-order valence-electron chi connectivity index (χ1n) is 10.9. The molecule has 2 aromatic rings. The van der Waals surface area contributed by atoms with Crippen LogP contribution in [-0.2, 0) is 0 Å². The highest BCUT2D eigenvalue weighted by Gasteiger charge is 2.30. The summed E-state index contributed by atoms with van der Waals surface area (Å²) in [6.07, 6.45) is 9.92. The number of benzene rings is 2. The average molecular weight is 404 g/mol. The van der Waals surface area contributed by atoms with Crippen LogP contribution in [-0.4, -0.2) is 0 Å². The van der Waals surface area contributed by atoms with Crippen LogP contribution in [0, 0.1) is 41.0 Å². The molecule has 0 N–H and O–H groups in total. The zero-order valence-electron chi connectivity index (χ0n) is 16.9. The van der Waals surface area contributed by atoms with E-state index >= 15 is 0 Å². The van der Waals surface area contributed by atoms with E-state index in [1.54, 1.807) is 6.07 Å². The van der Waals surface area contributed by atoms with Gasteiger partial charge in [-0.05, 0) is 91.5 Å². The number of hydrogen-bond donors (Lipinski definition) is 0. The van der Waals surface area contributed by atoms with Crippen molar-refractivity contribution in [3.63, 3.8) is 0 Å². The predicted molar refractivity (Wildman–Crippen MR) is 108 cm³/mol. The van der Waals surface area contributed by atoms with Crippen LogP contribution in [0.3, 0.4) is 0 Å². The molecule has 2 aliphatic rings. The van der Waals surface area contributed by atoms with Gasteiger partial charge in [-0.1, -0.05) is 31.9 Å². The maximum absolute atomic E-state index is 14.7. The molecule has 0 heterocycles. The monoisotopic (exact) mass is 404 g/mol. The maximum atomic E-state index is 14.7. The van der Waals surface area contributed by atoms with E-state index in [0.717, 1.165) is 48.3 Å². The molecule has 2 saturated carbocycles. The summed E-state index contributed by atoms with van der Waals surface area (Å²) in [5.41, 5.74) is 1.06. The van der Waals surface area contributed by atoms with E-state index in [1.807, 2.05) is 6.07 Å². The van der Waals surface area contributed by atoms with Gasteiger partial charge in [0.25, 0.3) is 0 Å². The van der Waals surface area contributed by atoms with Crippen LogP contribution in [0.4, 0.5) is 17.6 Å². The number of halogens is 4. The Morgan fingerprint density at radius 3 is 1.76 bits per heavy atom. The van der Waals surface area contributed by atoms with Crippen molar-refractivity contribution in [1.29, 1.82) is 0 Å². The van der Waals surface area contributed by atoms with Gasteiger partial charge in [0.05, 0.1) is 0 Å². The molecule has 2 aromatic carbocycles. The van der Waals surface area contributed by atoms with Crippen molar-refractivity contribution in [2.24, 2.45) is 17.8 Å². The Morgan fingerprint density at radius 2 is 1.21 bits per heavy atom. The molecule has 0 saturated heterocycles. The second-order valence-electron chi connectivity index (χ2n) is 9.12. The van der Waals surface area contributed by atoms with Crippen LogP contribution < -0.4 is 0 Å². The quantitative estimate of drug-likeness (QED) is 0.359. The summed E-state index contributed by atoms with van der Waals surface area (Å²) in [6, 6.07) is 6.58. The molecular formula is C25H28F4. The lowest BCUT2D eigenvalue weighted by atomic mass is 9.68. The molecule has 4 rings (SSSR count). The van der Waals surface area contributed by atoms with E-state index in [-0.39, 0.29) is 11.1 Å². The SMILES string of the molecule is CC1CCC(C2CCC(c3ccc(-c4cc(F)c(F)c(F)c4)c(F)c3)CC2)CC1. The van der Waals surface area contributed by atoms with Gasteiger partial charge in [-0.2, -0.15) is 0 Å². The Bertz CT molecular complexity index is 836. The van der Waals surface area contributed by atoms with E-state index in [1.165, 1.54) is 44.6 Å². The zero-order valence-corrected chi connectivity index (χ0v) is 16.9. The van der Waals surface area contributed by atoms with Crippen molar-refractivity contribution in [2.45, 2.75) is 64.2 Å². The molecule has 0 atom stereocenters. The Hall–Kier alpha value is -1.84. The van der Waals surface area contributed by atoms with Crippen LogP contribution in [0.1, 0.15) is 69.8 Å². The standard InChI is InChI=1S/C25H28F4/c1-15-2-4-16(5-3-15)17-6-8-18(9-7-17)19-10-11-21(22(26)12-19)20-13-23(27)25(29)24(28)14-20/h10-18H,2-9H2,1H3. The van der Waals surface area contributed by atoms with Crippen LogP contribution in [0.2, 0.25) is 0 Å². The van der Waals surface area contributed by atoms with E-state index in [0.29, 0.717) is 5.92 Å². The minimum atomic E-state index is -1.53. The summed E-state index contributed by atoms with van der Waals surface area (Å²) in [7, 11) is 0. The molecule has 0 amide bonds. The zero-order chi connectivity index (χ0) is 20.5. The first kappa shape index (κ1) is 20.4. The Kier molecular flexibility index (Phi) is 5.98. The van der Waals surface area contributed by atoms with Crippen LogP contribution in [0.25, 0.3) is 11.1 Å². The average Bonchev–Trinajstić information content (AvgIpc) is 2.72. The van der Waals surface area contributed by atoms with Crippen LogP contribution in [0.5, 0.6) is 0 Å². The molecule has 156 valence electrons. The lowest BCUT2D eigenvalue weighted by Crippen LogP contribution is -2.24. The van der Waals surface area contributed by atoms with Gasteiger partial charge in [-0.3, -0.25) is 0 Å². The minimum absolute atomic E-state index is 0.0145. The van der Waals surface area contributed by atoms with Gasteiger partial charge in [-0.15, -0.1) is 0 Å². The summed E-state index contributed by atoms with van der Waals surface area (Å²) in [6.45, 7) is 2.35. The lowest BCUT2D eigenvalue weighted by Gasteiger charge is -2.37. The molecule has 0 aliphatic heterocycles. The highest BCUT2D eigenvalue weighted by atomic mass is 19.2. The third-order valence-electron chi connectivity index (χ3n) is 7.26. The molecule has 0 radical (unpaired) electrons.